The number of likely N-dealkylation sites (tertiary alicyclic amines) is 1. The fourth-order valence-corrected chi connectivity index (χ4v) is 2.50. The van der Waals surface area contributed by atoms with Crippen molar-refractivity contribution in [3.63, 3.8) is 0 Å². The minimum Gasteiger partial charge on any atom is -0.330 e. The lowest BCUT2D eigenvalue weighted by Gasteiger charge is -2.15. The molecule has 5 nitrogen and oxygen atoms in total. The van der Waals surface area contributed by atoms with Crippen molar-refractivity contribution in [1.82, 2.24) is 4.90 Å². The van der Waals surface area contributed by atoms with E-state index in [0.29, 0.717) is 29.6 Å². The molecular weight excluding hydrogens is 254 g/mol. The summed E-state index contributed by atoms with van der Waals surface area (Å²) in [6, 6.07) is 4.84. The molecular formula is C12H16ClN3O2. The van der Waals surface area contributed by atoms with Gasteiger partial charge in [-0.25, -0.2) is 0 Å². The second-order valence-electron chi connectivity index (χ2n) is 4.66. The highest BCUT2D eigenvalue weighted by Gasteiger charge is 2.24. The molecule has 0 amide bonds. The summed E-state index contributed by atoms with van der Waals surface area (Å²) in [5.41, 5.74) is 6.44. The van der Waals surface area contributed by atoms with Crippen LogP contribution in [0.5, 0.6) is 0 Å². The first-order valence-corrected chi connectivity index (χ1v) is 6.33. The zero-order chi connectivity index (χ0) is 13.1. The SMILES string of the molecule is NCC1CCN(Cc2ccc(Cl)cc2[N+](=O)[O-])C1. The highest BCUT2D eigenvalue weighted by atomic mass is 35.5. The van der Waals surface area contributed by atoms with E-state index in [0.717, 1.165) is 19.5 Å². The average Bonchev–Trinajstić information content (AvgIpc) is 2.79. The second kappa shape index (κ2) is 5.65. The van der Waals surface area contributed by atoms with Crippen molar-refractivity contribution in [2.75, 3.05) is 19.6 Å². The molecule has 0 aliphatic carbocycles. The summed E-state index contributed by atoms with van der Waals surface area (Å²) >= 11 is 5.79. The van der Waals surface area contributed by atoms with Gasteiger partial charge < -0.3 is 5.73 Å². The van der Waals surface area contributed by atoms with Gasteiger partial charge in [-0.1, -0.05) is 11.6 Å². The van der Waals surface area contributed by atoms with E-state index in [1.807, 2.05) is 0 Å². The minimum absolute atomic E-state index is 0.0960. The van der Waals surface area contributed by atoms with Crippen molar-refractivity contribution in [2.45, 2.75) is 13.0 Å². The van der Waals surface area contributed by atoms with Crippen LogP contribution in [0.25, 0.3) is 0 Å². The molecule has 1 heterocycles. The van der Waals surface area contributed by atoms with Crippen molar-refractivity contribution < 1.29 is 4.92 Å². The molecule has 98 valence electrons. The highest BCUT2D eigenvalue weighted by Crippen LogP contribution is 2.26. The number of hydrogen-bond acceptors (Lipinski definition) is 4. The van der Waals surface area contributed by atoms with Crippen molar-refractivity contribution >= 4 is 17.3 Å². The average molecular weight is 270 g/mol. The van der Waals surface area contributed by atoms with Crippen LogP contribution in [0.15, 0.2) is 18.2 Å². The normalized spacial score (nSPS) is 20.2. The lowest BCUT2D eigenvalue weighted by atomic mass is 10.1. The molecule has 1 aliphatic heterocycles. The van der Waals surface area contributed by atoms with Crippen LogP contribution in [0.4, 0.5) is 5.69 Å². The van der Waals surface area contributed by atoms with Crippen LogP contribution in [-0.2, 0) is 6.54 Å². The van der Waals surface area contributed by atoms with E-state index in [2.05, 4.69) is 4.90 Å². The standard InChI is InChI=1S/C12H16ClN3O2/c13-11-2-1-10(12(5-11)16(17)18)8-15-4-3-9(6-14)7-15/h1-2,5,9H,3-4,6-8,14H2. The molecule has 1 fully saturated rings. The van der Waals surface area contributed by atoms with Gasteiger partial charge in [-0.15, -0.1) is 0 Å². The van der Waals surface area contributed by atoms with E-state index < -0.39 is 0 Å². The monoisotopic (exact) mass is 269 g/mol. The van der Waals surface area contributed by atoms with Crippen LogP contribution in [0.2, 0.25) is 5.02 Å². The zero-order valence-corrected chi connectivity index (χ0v) is 10.8. The predicted molar refractivity (Wildman–Crippen MR) is 70.5 cm³/mol. The molecule has 1 unspecified atom stereocenters. The topological polar surface area (TPSA) is 72.4 Å². The third kappa shape index (κ3) is 2.98. The van der Waals surface area contributed by atoms with Crippen LogP contribution in [0, 0.1) is 16.0 Å². The van der Waals surface area contributed by atoms with Crippen LogP contribution in [-0.4, -0.2) is 29.5 Å². The summed E-state index contributed by atoms with van der Waals surface area (Å²) in [5.74, 6) is 0.511. The number of benzene rings is 1. The Labute approximate surface area is 111 Å². The van der Waals surface area contributed by atoms with E-state index in [9.17, 15) is 10.1 Å². The molecule has 0 saturated carbocycles. The summed E-state index contributed by atoms with van der Waals surface area (Å²) in [5, 5.41) is 11.4. The molecule has 18 heavy (non-hydrogen) atoms. The van der Waals surface area contributed by atoms with Crippen molar-refractivity contribution in [3.05, 3.63) is 38.9 Å². The Bertz CT molecular complexity index is 453. The Hall–Kier alpha value is -1.17. The number of nitrogens with zero attached hydrogens (tertiary/aromatic N) is 2. The Kier molecular flexibility index (Phi) is 4.16. The molecule has 6 heteroatoms. The van der Waals surface area contributed by atoms with E-state index >= 15 is 0 Å². The Morgan fingerprint density at radius 2 is 2.33 bits per heavy atom. The van der Waals surface area contributed by atoms with Gasteiger partial charge in [-0.2, -0.15) is 0 Å². The quantitative estimate of drug-likeness (QED) is 0.670. The molecule has 1 aromatic carbocycles. The minimum atomic E-state index is -0.377. The van der Waals surface area contributed by atoms with Crippen molar-refractivity contribution in [1.29, 1.82) is 0 Å². The summed E-state index contributed by atoms with van der Waals surface area (Å²) in [4.78, 5) is 12.8. The Morgan fingerprint density at radius 1 is 1.56 bits per heavy atom. The van der Waals surface area contributed by atoms with Gasteiger partial charge in [0.2, 0.25) is 0 Å². The van der Waals surface area contributed by atoms with Gasteiger partial charge in [0.05, 0.1) is 4.92 Å². The van der Waals surface area contributed by atoms with Crippen LogP contribution >= 0.6 is 11.6 Å². The third-order valence-corrected chi connectivity index (χ3v) is 3.58. The molecule has 0 spiro atoms. The fraction of sp³-hybridized carbons (Fsp3) is 0.500. The predicted octanol–water partition coefficient (Wildman–Crippen LogP) is 2.03. The molecule has 0 bridgehead atoms. The Balaban J connectivity index is 2.12. The maximum Gasteiger partial charge on any atom is 0.275 e. The molecule has 0 radical (unpaired) electrons. The van der Waals surface area contributed by atoms with E-state index in [1.54, 1.807) is 12.1 Å². The molecule has 1 aliphatic rings. The number of halogens is 1. The fourth-order valence-electron chi connectivity index (χ4n) is 2.33. The maximum absolute atomic E-state index is 11.0. The smallest absolute Gasteiger partial charge is 0.275 e. The van der Waals surface area contributed by atoms with E-state index in [-0.39, 0.29) is 10.6 Å². The van der Waals surface area contributed by atoms with Gasteiger partial charge in [0.25, 0.3) is 5.69 Å². The summed E-state index contributed by atoms with van der Waals surface area (Å²) in [6.45, 7) is 3.13. The number of nitrogens with two attached hydrogens (primary N) is 1. The van der Waals surface area contributed by atoms with E-state index in [4.69, 9.17) is 17.3 Å². The molecule has 2 N–H and O–H groups in total. The molecule has 1 atom stereocenters. The summed E-state index contributed by atoms with van der Waals surface area (Å²) < 4.78 is 0. The van der Waals surface area contributed by atoms with Crippen molar-refractivity contribution in [3.8, 4) is 0 Å². The zero-order valence-electron chi connectivity index (χ0n) is 10.0. The van der Waals surface area contributed by atoms with Crippen LogP contribution in [0.3, 0.4) is 0 Å². The first-order valence-electron chi connectivity index (χ1n) is 5.95. The molecule has 1 saturated heterocycles. The lowest BCUT2D eigenvalue weighted by molar-refractivity contribution is -0.385. The van der Waals surface area contributed by atoms with Gasteiger partial charge in [0.15, 0.2) is 0 Å². The first kappa shape index (κ1) is 13.3. The molecule has 1 aromatic rings. The molecule has 0 aromatic heterocycles. The largest absolute Gasteiger partial charge is 0.330 e. The second-order valence-corrected chi connectivity index (χ2v) is 5.09. The third-order valence-electron chi connectivity index (χ3n) is 3.34. The first-order chi connectivity index (χ1) is 8.60. The number of rotatable bonds is 4. The van der Waals surface area contributed by atoms with Crippen LogP contribution in [0.1, 0.15) is 12.0 Å². The number of hydrogen-bond donors (Lipinski definition) is 1. The van der Waals surface area contributed by atoms with Gasteiger partial charge >= 0.3 is 0 Å². The lowest BCUT2D eigenvalue weighted by Crippen LogP contribution is -2.23. The van der Waals surface area contributed by atoms with Crippen molar-refractivity contribution in [2.24, 2.45) is 11.7 Å². The maximum atomic E-state index is 11.0. The van der Waals surface area contributed by atoms with Gasteiger partial charge in [0.1, 0.15) is 0 Å². The van der Waals surface area contributed by atoms with Crippen LogP contribution < -0.4 is 5.73 Å². The highest BCUT2D eigenvalue weighted by molar-refractivity contribution is 6.30. The summed E-state index contributed by atoms with van der Waals surface area (Å²) in [6.07, 6.45) is 1.07. The van der Waals surface area contributed by atoms with Gasteiger partial charge in [-0.05, 0) is 37.6 Å². The summed E-state index contributed by atoms with van der Waals surface area (Å²) in [7, 11) is 0. The molecule has 2 rings (SSSR count). The number of nitro benzene ring substituents is 1. The van der Waals surface area contributed by atoms with Gasteiger partial charge in [0, 0.05) is 29.7 Å². The van der Waals surface area contributed by atoms with E-state index in [1.165, 1.54) is 6.07 Å². The number of nitro groups is 1. The van der Waals surface area contributed by atoms with Gasteiger partial charge in [-0.3, -0.25) is 15.0 Å². The Morgan fingerprint density at radius 3 is 2.94 bits per heavy atom.